The number of hydrogen-bond donors (Lipinski definition) is 2. The van der Waals surface area contributed by atoms with Crippen LogP contribution < -0.4 is 10.6 Å². The first-order chi connectivity index (χ1) is 11.5. The zero-order valence-corrected chi connectivity index (χ0v) is 15.5. The van der Waals surface area contributed by atoms with Crippen molar-refractivity contribution < 1.29 is 9.59 Å². The number of nitrogens with one attached hydrogen (secondary N) is 2. The van der Waals surface area contributed by atoms with E-state index < -0.39 is 11.9 Å². The van der Waals surface area contributed by atoms with Gasteiger partial charge in [0.25, 0.3) is 5.91 Å². The van der Waals surface area contributed by atoms with Gasteiger partial charge in [-0.2, -0.15) is 0 Å². The van der Waals surface area contributed by atoms with Crippen LogP contribution in [0.4, 0.5) is 9.80 Å². The molecule has 1 aromatic carbocycles. The van der Waals surface area contributed by atoms with E-state index in [1.165, 1.54) is 29.7 Å². The predicted molar refractivity (Wildman–Crippen MR) is 100 cm³/mol. The van der Waals surface area contributed by atoms with E-state index in [4.69, 9.17) is 23.2 Å². The molecule has 2 aromatic rings. The van der Waals surface area contributed by atoms with E-state index in [-0.39, 0.29) is 15.6 Å². The topological polar surface area (TPSA) is 58.2 Å². The highest BCUT2D eigenvalue weighted by Crippen LogP contribution is 2.24. The summed E-state index contributed by atoms with van der Waals surface area (Å²) < 4.78 is 0. The molecule has 0 aliphatic carbocycles. The van der Waals surface area contributed by atoms with E-state index in [0.717, 1.165) is 12.8 Å². The molecule has 1 heterocycles. The van der Waals surface area contributed by atoms with Gasteiger partial charge in [-0.1, -0.05) is 49.0 Å². The highest BCUT2D eigenvalue weighted by atomic mass is 35.5. The molecule has 0 saturated heterocycles. The third-order valence-corrected chi connectivity index (χ3v) is 4.90. The molecular formula is C17H18Cl2N2O2S. The molecule has 0 bridgehead atoms. The number of thiophene rings is 1. The number of unbranched alkanes of at least 4 members (excludes halogenated alkanes) is 2. The van der Waals surface area contributed by atoms with Crippen LogP contribution in [-0.4, -0.2) is 11.9 Å². The van der Waals surface area contributed by atoms with Crippen LogP contribution in [0.2, 0.25) is 10.0 Å². The fraction of sp³-hybridized carbons (Fsp3) is 0.294. The van der Waals surface area contributed by atoms with E-state index in [1.54, 1.807) is 18.2 Å². The molecule has 0 fully saturated rings. The number of carbonyl (C=O) groups is 2. The van der Waals surface area contributed by atoms with Crippen molar-refractivity contribution in [3.63, 3.8) is 0 Å². The van der Waals surface area contributed by atoms with Crippen molar-refractivity contribution in [3.05, 3.63) is 50.8 Å². The molecule has 0 aliphatic heterocycles. The molecule has 3 amide bonds. The zero-order valence-electron chi connectivity index (χ0n) is 13.2. The molecule has 2 rings (SSSR count). The van der Waals surface area contributed by atoms with Crippen molar-refractivity contribution in [2.75, 3.05) is 5.32 Å². The number of hydrogen-bond acceptors (Lipinski definition) is 3. The lowest BCUT2D eigenvalue weighted by atomic mass is 10.1. The van der Waals surface area contributed by atoms with Crippen molar-refractivity contribution in [3.8, 4) is 0 Å². The molecule has 7 heteroatoms. The molecule has 128 valence electrons. The second-order valence-corrected chi connectivity index (χ2v) is 7.01. The highest BCUT2D eigenvalue weighted by Gasteiger charge is 2.17. The lowest BCUT2D eigenvalue weighted by Crippen LogP contribution is -2.34. The minimum absolute atomic E-state index is 0.0856. The van der Waals surface area contributed by atoms with Crippen molar-refractivity contribution in [1.82, 2.24) is 5.32 Å². The van der Waals surface area contributed by atoms with Gasteiger partial charge in [0.2, 0.25) is 0 Å². The normalized spacial score (nSPS) is 10.5. The first-order valence-corrected chi connectivity index (χ1v) is 9.28. The standard InChI is InChI=1S/C17H18Cl2N2O2S/c1-2-3-4-6-11-9-14(24-10-11)20-17(23)21-16(22)15-12(18)7-5-8-13(15)19/h5,7-10H,2-4,6H2,1H3,(H2,20,21,22,23). The molecule has 0 saturated carbocycles. The molecule has 0 radical (unpaired) electrons. The lowest BCUT2D eigenvalue weighted by Gasteiger charge is -2.07. The van der Waals surface area contributed by atoms with Gasteiger partial charge in [0.05, 0.1) is 20.6 Å². The molecule has 1 aromatic heterocycles. The Kier molecular flexibility index (Phi) is 7.09. The SMILES string of the molecule is CCCCCc1csc(NC(=O)NC(=O)c2c(Cl)cccc2Cl)c1. The second-order valence-electron chi connectivity index (χ2n) is 5.28. The van der Waals surface area contributed by atoms with Gasteiger partial charge in [0.1, 0.15) is 0 Å². The van der Waals surface area contributed by atoms with Gasteiger partial charge in [-0.05, 0) is 42.0 Å². The van der Waals surface area contributed by atoms with Crippen LogP contribution >= 0.6 is 34.5 Å². The van der Waals surface area contributed by atoms with Gasteiger partial charge in [-0.3, -0.25) is 15.4 Å². The summed E-state index contributed by atoms with van der Waals surface area (Å²) >= 11 is 13.3. The summed E-state index contributed by atoms with van der Waals surface area (Å²) in [6, 6.07) is 6.03. The minimum Gasteiger partial charge on any atom is -0.299 e. The van der Waals surface area contributed by atoms with Gasteiger partial charge < -0.3 is 0 Å². The molecular weight excluding hydrogens is 367 g/mol. The Labute approximate surface area is 155 Å². The Bertz CT molecular complexity index is 711. The monoisotopic (exact) mass is 384 g/mol. The Morgan fingerprint density at radius 3 is 2.54 bits per heavy atom. The third-order valence-electron chi connectivity index (χ3n) is 3.38. The summed E-state index contributed by atoms with van der Waals surface area (Å²) in [5, 5.41) is 7.99. The number of aryl methyl sites for hydroxylation is 1. The van der Waals surface area contributed by atoms with Crippen molar-refractivity contribution in [1.29, 1.82) is 0 Å². The summed E-state index contributed by atoms with van der Waals surface area (Å²) in [6.45, 7) is 2.16. The number of urea groups is 1. The smallest absolute Gasteiger partial charge is 0.299 e. The van der Waals surface area contributed by atoms with Crippen LogP contribution in [0.15, 0.2) is 29.6 Å². The quantitative estimate of drug-likeness (QED) is 0.622. The van der Waals surface area contributed by atoms with E-state index in [9.17, 15) is 9.59 Å². The largest absolute Gasteiger partial charge is 0.326 e. The van der Waals surface area contributed by atoms with Gasteiger partial charge in [-0.25, -0.2) is 4.79 Å². The Hall–Kier alpha value is -1.56. The zero-order chi connectivity index (χ0) is 17.5. The molecule has 2 N–H and O–H groups in total. The lowest BCUT2D eigenvalue weighted by molar-refractivity contribution is 0.0967. The number of anilines is 1. The van der Waals surface area contributed by atoms with Crippen LogP contribution in [-0.2, 0) is 6.42 Å². The van der Waals surface area contributed by atoms with E-state index in [1.807, 2.05) is 11.4 Å². The molecule has 0 aliphatic rings. The van der Waals surface area contributed by atoms with Crippen molar-refractivity contribution in [2.45, 2.75) is 32.6 Å². The van der Waals surface area contributed by atoms with Crippen LogP contribution in [0, 0.1) is 0 Å². The van der Waals surface area contributed by atoms with Gasteiger partial charge >= 0.3 is 6.03 Å². The van der Waals surface area contributed by atoms with Gasteiger partial charge in [0.15, 0.2) is 0 Å². The van der Waals surface area contributed by atoms with Crippen LogP contribution in [0.25, 0.3) is 0 Å². The predicted octanol–water partition coefficient (Wildman–Crippen LogP) is 5.75. The maximum absolute atomic E-state index is 12.1. The summed E-state index contributed by atoms with van der Waals surface area (Å²) in [5.41, 5.74) is 1.27. The molecule has 0 spiro atoms. The minimum atomic E-state index is -0.636. The van der Waals surface area contributed by atoms with Crippen LogP contribution in [0.3, 0.4) is 0 Å². The number of amides is 3. The Morgan fingerprint density at radius 1 is 1.17 bits per heavy atom. The van der Waals surface area contributed by atoms with Crippen LogP contribution in [0.1, 0.15) is 42.1 Å². The van der Waals surface area contributed by atoms with Gasteiger partial charge in [0, 0.05) is 0 Å². The number of carbonyl (C=O) groups excluding carboxylic acids is 2. The summed E-state index contributed by atoms with van der Waals surface area (Å²) in [5.74, 6) is -0.636. The average Bonchev–Trinajstić information content (AvgIpc) is 2.94. The average molecular weight is 385 g/mol. The number of halogens is 2. The maximum Gasteiger partial charge on any atom is 0.326 e. The Balaban J connectivity index is 1.92. The Morgan fingerprint density at radius 2 is 1.88 bits per heavy atom. The number of benzene rings is 1. The highest BCUT2D eigenvalue weighted by molar-refractivity contribution is 7.14. The van der Waals surface area contributed by atoms with Crippen molar-refractivity contribution in [2.24, 2.45) is 0 Å². The van der Waals surface area contributed by atoms with Crippen molar-refractivity contribution >= 4 is 51.5 Å². The molecule has 24 heavy (non-hydrogen) atoms. The summed E-state index contributed by atoms with van der Waals surface area (Å²) in [6.07, 6.45) is 4.47. The molecule has 4 nitrogen and oxygen atoms in total. The van der Waals surface area contributed by atoms with Crippen LogP contribution in [0.5, 0.6) is 0 Å². The fourth-order valence-corrected chi connectivity index (χ4v) is 3.58. The van der Waals surface area contributed by atoms with E-state index >= 15 is 0 Å². The summed E-state index contributed by atoms with van der Waals surface area (Å²) in [7, 11) is 0. The molecule has 0 unspecified atom stereocenters. The first-order valence-electron chi connectivity index (χ1n) is 7.65. The fourth-order valence-electron chi connectivity index (χ4n) is 2.17. The number of imide groups is 1. The first kappa shape index (κ1) is 18.8. The summed E-state index contributed by atoms with van der Waals surface area (Å²) in [4.78, 5) is 24.1. The van der Waals surface area contributed by atoms with E-state index in [2.05, 4.69) is 17.6 Å². The molecule has 0 atom stereocenters. The number of rotatable bonds is 6. The van der Waals surface area contributed by atoms with Gasteiger partial charge in [-0.15, -0.1) is 11.3 Å². The maximum atomic E-state index is 12.1. The second kappa shape index (κ2) is 9.06. The van der Waals surface area contributed by atoms with E-state index in [0.29, 0.717) is 5.00 Å². The third kappa shape index (κ3) is 5.23.